The molecule has 0 fully saturated rings. The van der Waals surface area contributed by atoms with Crippen LogP contribution in [-0.2, 0) is 15.8 Å². The fraction of sp³-hybridized carbons (Fsp3) is 0.167. The lowest BCUT2D eigenvalue weighted by Crippen LogP contribution is -2.39. The van der Waals surface area contributed by atoms with Gasteiger partial charge in [-0.25, -0.2) is 4.39 Å². The van der Waals surface area contributed by atoms with E-state index >= 15 is 0 Å². The molecular weight excluding hydrogens is 474 g/mol. The van der Waals surface area contributed by atoms with Crippen molar-refractivity contribution in [1.82, 2.24) is 4.90 Å². The van der Waals surface area contributed by atoms with E-state index in [-0.39, 0.29) is 11.6 Å². The van der Waals surface area contributed by atoms with Crippen LogP contribution in [0.3, 0.4) is 0 Å². The van der Waals surface area contributed by atoms with Crippen LogP contribution >= 0.6 is 11.6 Å². The van der Waals surface area contributed by atoms with E-state index in [0.29, 0.717) is 11.3 Å². The highest BCUT2D eigenvalue weighted by Crippen LogP contribution is 2.37. The molecule has 1 atom stereocenters. The number of alkyl halides is 3. The molecule has 0 heterocycles. The third-order valence-corrected chi connectivity index (χ3v) is 5.11. The fourth-order valence-electron chi connectivity index (χ4n) is 3.35. The number of hydrogen-bond acceptors (Lipinski definition) is 3. The molecular formula is C24H20ClF4N3O2. The Morgan fingerprint density at radius 2 is 1.62 bits per heavy atom. The number of benzene rings is 3. The van der Waals surface area contributed by atoms with E-state index in [9.17, 15) is 27.2 Å². The van der Waals surface area contributed by atoms with E-state index in [1.807, 2.05) is 0 Å². The Bertz CT molecular complexity index is 1160. The van der Waals surface area contributed by atoms with Gasteiger partial charge in [0.1, 0.15) is 11.9 Å². The molecule has 0 unspecified atom stereocenters. The molecule has 0 saturated carbocycles. The predicted molar refractivity (Wildman–Crippen MR) is 122 cm³/mol. The van der Waals surface area contributed by atoms with Crippen molar-refractivity contribution in [3.05, 3.63) is 94.8 Å². The molecule has 0 saturated heterocycles. The number of anilines is 2. The van der Waals surface area contributed by atoms with Gasteiger partial charge in [-0.05, 0) is 55.1 Å². The van der Waals surface area contributed by atoms with Crippen LogP contribution in [0.1, 0.15) is 17.2 Å². The van der Waals surface area contributed by atoms with Crippen molar-refractivity contribution in [3.63, 3.8) is 0 Å². The molecule has 178 valence electrons. The summed E-state index contributed by atoms with van der Waals surface area (Å²) in [5.74, 6) is -1.72. The molecule has 3 aromatic carbocycles. The second-order valence-corrected chi connectivity index (χ2v) is 7.90. The second-order valence-electron chi connectivity index (χ2n) is 7.46. The van der Waals surface area contributed by atoms with Gasteiger partial charge in [0.05, 0.1) is 17.8 Å². The Morgan fingerprint density at radius 3 is 2.24 bits per heavy atom. The summed E-state index contributed by atoms with van der Waals surface area (Å²) < 4.78 is 53.5. The highest BCUT2D eigenvalue weighted by atomic mass is 35.5. The molecule has 34 heavy (non-hydrogen) atoms. The van der Waals surface area contributed by atoms with Crippen LogP contribution in [0.5, 0.6) is 0 Å². The number of likely N-dealkylation sites (N-methyl/N-ethyl adjacent to an activating group) is 1. The zero-order valence-corrected chi connectivity index (χ0v) is 18.6. The highest BCUT2D eigenvalue weighted by Gasteiger charge is 2.35. The lowest BCUT2D eigenvalue weighted by Gasteiger charge is -2.27. The zero-order chi connectivity index (χ0) is 24.9. The Labute approximate surface area is 198 Å². The standard InChI is InChI=1S/C24H20ClF4N3O2/c1-32(14-21(33)30-18-10-8-17(26)9-11-18)22(15-5-3-2-4-6-15)23(34)31-20-12-7-16(25)13-19(20)24(27,28)29/h2-13,22H,14H2,1H3,(H,30,33)(H,31,34)/t22-/m1/s1. The van der Waals surface area contributed by atoms with Crippen LogP contribution in [-0.4, -0.2) is 30.3 Å². The monoisotopic (exact) mass is 493 g/mol. The molecule has 0 spiro atoms. The van der Waals surface area contributed by atoms with Crippen molar-refractivity contribution in [2.45, 2.75) is 12.2 Å². The number of carbonyl (C=O) groups is 2. The number of halogens is 5. The van der Waals surface area contributed by atoms with E-state index < -0.39 is 41.1 Å². The minimum atomic E-state index is -4.74. The van der Waals surface area contributed by atoms with E-state index in [2.05, 4.69) is 10.6 Å². The Morgan fingerprint density at radius 1 is 0.971 bits per heavy atom. The summed E-state index contributed by atoms with van der Waals surface area (Å²) in [4.78, 5) is 27.1. The average molecular weight is 494 g/mol. The summed E-state index contributed by atoms with van der Waals surface area (Å²) in [7, 11) is 1.49. The lowest BCUT2D eigenvalue weighted by molar-refractivity contribution is -0.137. The summed E-state index contributed by atoms with van der Waals surface area (Å²) in [5, 5.41) is 4.78. The van der Waals surface area contributed by atoms with Crippen molar-refractivity contribution in [3.8, 4) is 0 Å². The van der Waals surface area contributed by atoms with Crippen LogP contribution in [0.2, 0.25) is 5.02 Å². The van der Waals surface area contributed by atoms with E-state index in [0.717, 1.165) is 12.1 Å². The minimum absolute atomic E-state index is 0.125. The normalized spacial score (nSPS) is 12.3. The van der Waals surface area contributed by atoms with E-state index in [1.165, 1.54) is 42.3 Å². The summed E-state index contributed by atoms with van der Waals surface area (Å²) in [5.41, 5.74) is -0.708. The largest absolute Gasteiger partial charge is 0.418 e. The molecule has 2 amide bonds. The molecule has 0 aliphatic carbocycles. The summed E-state index contributed by atoms with van der Waals surface area (Å²) in [6, 6.07) is 15.4. The number of nitrogens with one attached hydrogen (secondary N) is 2. The Balaban J connectivity index is 1.83. The number of nitrogens with zero attached hydrogens (tertiary/aromatic N) is 1. The fourth-order valence-corrected chi connectivity index (χ4v) is 3.53. The van der Waals surface area contributed by atoms with Crippen molar-refractivity contribution in [2.75, 3.05) is 24.2 Å². The second kappa shape index (κ2) is 10.7. The van der Waals surface area contributed by atoms with Crippen molar-refractivity contribution in [2.24, 2.45) is 0 Å². The quantitative estimate of drug-likeness (QED) is 0.412. The lowest BCUT2D eigenvalue weighted by atomic mass is 10.0. The van der Waals surface area contributed by atoms with Gasteiger partial charge < -0.3 is 10.6 Å². The summed E-state index contributed by atoms with van der Waals surface area (Å²) in [6.07, 6.45) is -4.74. The zero-order valence-electron chi connectivity index (χ0n) is 17.9. The third-order valence-electron chi connectivity index (χ3n) is 4.87. The van der Waals surface area contributed by atoms with Crippen LogP contribution in [0.15, 0.2) is 72.8 Å². The molecule has 0 aromatic heterocycles. The smallest absolute Gasteiger partial charge is 0.325 e. The van der Waals surface area contributed by atoms with E-state index in [1.54, 1.807) is 30.3 Å². The molecule has 5 nitrogen and oxygen atoms in total. The van der Waals surface area contributed by atoms with Crippen molar-refractivity contribution in [1.29, 1.82) is 0 Å². The average Bonchev–Trinajstić information content (AvgIpc) is 2.76. The maximum Gasteiger partial charge on any atom is 0.418 e. The van der Waals surface area contributed by atoms with Crippen LogP contribution in [0.25, 0.3) is 0 Å². The molecule has 10 heteroatoms. The SMILES string of the molecule is CN(CC(=O)Nc1ccc(F)cc1)[C@@H](C(=O)Nc1ccc(Cl)cc1C(F)(F)F)c1ccccc1. The van der Waals surface area contributed by atoms with Gasteiger partial charge in [-0.1, -0.05) is 41.9 Å². The first-order chi connectivity index (χ1) is 16.0. The minimum Gasteiger partial charge on any atom is -0.325 e. The molecule has 3 rings (SSSR count). The Kier molecular flexibility index (Phi) is 7.90. The van der Waals surface area contributed by atoms with Crippen LogP contribution < -0.4 is 10.6 Å². The Hall–Kier alpha value is -3.43. The molecule has 0 radical (unpaired) electrons. The van der Waals surface area contributed by atoms with Gasteiger partial charge >= 0.3 is 6.18 Å². The molecule has 0 bridgehead atoms. The maximum absolute atomic E-state index is 13.5. The summed E-state index contributed by atoms with van der Waals surface area (Å²) in [6.45, 7) is -0.267. The van der Waals surface area contributed by atoms with E-state index in [4.69, 9.17) is 11.6 Å². The number of hydrogen-bond donors (Lipinski definition) is 2. The first-order valence-corrected chi connectivity index (χ1v) is 10.4. The van der Waals surface area contributed by atoms with Crippen LogP contribution in [0.4, 0.5) is 28.9 Å². The molecule has 0 aliphatic heterocycles. The molecule has 3 aromatic rings. The molecule has 2 N–H and O–H groups in total. The van der Waals surface area contributed by atoms with Crippen molar-refractivity contribution >= 4 is 34.8 Å². The number of carbonyl (C=O) groups excluding carboxylic acids is 2. The highest BCUT2D eigenvalue weighted by molar-refractivity contribution is 6.30. The predicted octanol–water partition coefficient (Wildman–Crippen LogP) is 5.75. The van der Waals surface area contributed by atoms with Gasteiger partial charge in [-0.15, -0.1) is 0 Å². The van der Waals surface area contributed by atoms with Gasteiger partial charge in [0.15, 0.2) is 0 Å². The topological polar surface area (TPSA) is 61.4 Å². The molecule has 0 aliphatic rings. The first kappa shape index (κ1) is 25.2. The van der Waals surface area contributed by atoms with Crippen molar-refractivity contribution < 1.29 is 27.2 Å². The number of amides is 2. The maximum atomic E-state index is 13.5. The number of rotatable bonds is 7. The van der Waals surface area contributed by atoms with Gasteiger partial charge in [-0.2, -0.15) is 13.2 Å². The van der Waals surface area contributed by atoms with Gasteiger partial charge in [0, 0.05) is 10.7 Å². The third kappa shape index (κ3) is 6.55. The first-order valence-electron chi connectivity index (χ1n) is 10.0. The van der Waals surface area contributed by atoms with Gasteiger partial charge in [-0.3, -0.25) is 14.5 Å². The van der Waals surface area contributed by atoms with Gasteiger partial charge in [0.25, 0.3) is 0 Å². The van der Waals surface area contributed by atoms with Gasteiger partial charge in [0.2, 0.25) is 11.8 Å². The van der Waals surface area contributed by atoms with Crippen LogP contribution in [0, 0.1) is 5.82 Å². The summed E-state index contributed by atoms with van der Waals surface area (Å²) >= 11 is 5.71.